The fraction of sp³-hybridized carbons (Fsp3) is 0.0769. The highest BCUT2D eigenvalue weighted by Gasteiger charge is 2.19. The maximum absolute atomic E-state index is 13.0. The van der Waals surface area contributed by atoms with Gasteiger partial charge in [0, 0.05) is 6.20 Å². The van der Waals surface area contributed by atoms with Crippen LogP contribution in [0.3, 0.4) is 0 Å². The van der Waals surface area contributed by atoms with E-state index in [1.807, 2.05) is 6.07 Å². The molecule has 6 nitrogen and oxygen atoms in total. The van der Waals surface area contributed by atoms with Gasteiger partial charge in [0.2, 0.25) is 11.6 Å². The fourth-order valence-corrected chi connectivity index (χ4v) is 1.57. The number of aromatic nitrogens is 1. The van der Waals surface area contributed by atoms with Crippen LogP contribution in [0.25, 0.3) is 0 Å². The molecule has 0 aliphatic heterocycles. The van der Waals surface area contributed by atoms with Crippen LogP contribution < -0.4 is 4.74 Å². The van der Waals surface area contributed by atoms with Crippen molar-refractivity contribution in [1.29, 1.82) is 5.26 Å². The highest BCUT2D eigenvalue weighted by molar-refractivity contribution is 5.51. The topological polar surface area (TPSA) is 89.1 Å². The normalized spacial score (nSPS) is 9.85. The number of nitro groups is 1. The molecule has 0 amide bonds. The second-order valence-electron chi connectivity index (χ2n) is 3.89. The number of nitro benzene ring substituents is 1. The van der Waals surface area contributed by atoms with Crippen LogP contribution in [0.5, 0.6) is 11.6 Å². The summed E-state index contributed by atoms with van der Waals surface area (Å²) in [6.45, 7) is 1.69. The van der Waals surface area contributed by atoms with Gasteiger partial charge in [-0.25, -0.2) is 9.37 Å². The number of pyridine rings is 1. The summed E-state index contributed by atoms with van der Waals surface area (Å²) in [4.78, 5) is 14.0. The first kappa shape index (κ1) is 13.4. The zero-order chi connectivity index (χ0) is 14.7. The number of halogens is 1. The lowest BCUT2D eigenvalue weighted by Crippen LogP contribution is -1.98. The van der Waals surface area contributed by atoms with Crippen molar-refractivity contribution in [3.8, 4) is 17.7 Å². The van der Waals surface area contributed by atoms with Gasteiger partial charge in [-0.1, -0.05) is 0 Å². The third-order valence-electron chi connectivity index (χ3n) is 2.56. The monoisotopic (exact) mass is 273 g/mol. The van der Waals surface area contributed by atoms with Gasteiger partial charge in [-0.2, -0.15) is 5.26 Å². The SMILES string of the molecule is Cc1ccnc(Oc2ccc(F)cc2[N+](=O)[O-])c1C#N. The van der Waals surface area contributed by atoms with Gasteiger partial charge in [-0.3, -0.25) is 10.1 Å². The molecule has 2 rings (SSSR count). The minimum atomic E-state index is -0.764. The molecule has 1 aromatic carbocycles. The average Bonchev–Trinajstić information content (AvgIpc) is 2.41. The molecule has 0 aliphatic carbocycles. The van der Waals surface area contributed by atoms with E-state index in [0.29, 0.717) is 5.56 Å². The molecule has 0 bridgehead atoms. The fourth-order valence-electron chi connectivity index (χ4n) is 1.57. The molecule has 0 N–H and O–H groups in total. The number of ether oxygens (including phenoxy) is 1. The first-order valence-corrected chi connectivity index (χ1v) is 5.50. The molecule has 0 atom stereocenters. The lowest BCUT2D eigenvalue weighted by Gasteiger charge is -2.07. The van der Waals surface area contributed by atoms with Crippen LogP contribution >= 0.6 is 0 Å². The van der Waals surface area contributed by atoms with Gasteiger partial charge in [0.05, 0.1) is 11.0 Å². The number of hydrogen-bond donors (Lipinski definition) is 0. The third kappa shape index (κ3) is 2.54. The summed E-state index contributed by atoms with van der Waals surface area (Å²) < 4.78 is 18.3. The Labute approximate surface area is 113 Å². The second kappa shape index (κ2) is 5.32. The van der Waals surface area contributed by atoms with Crippen LogP contribution in [0.1, 0.15) is 11.1 Å². The smallest absolute Gasteiger partial charge is 0.314 e. The summed E-state index contributed by atoms with van der Waals surface area (Å²) in [6, 6.07) is 6.43. The van der Waals surface area contributed by atoms with Crippen LogP contribution in [-0.2, 0) is 0 Å². The Bertz CT molecular complexity index is 725. The van der Waals surface area contributed by atoms with Gasteiger partial charge in [-0.05, 0) is 30.7 Å². The van der Waals surface area contributed by atoms with Crippen LogP contribution in [-0.4, -0.2) is 9.91 Å². The summed E-state index contributed by atoms with van der Waals surface area (Å²) in [5.74, 6) is -0.977. The molecular formula is C13H8FN3O3. The molecule has 0 saturated heterocycles. The largest absolute Gasteiger partial charge is 0.430 e. The number of aryl methyl sites for hydroxylation is 1. The van der Waals surface area contributed by atoms with E-state index in [2.05, 4.69) is 4.98 Å². The van der Waals surface area contributed by atoms with Gasteiger partial charge in [0.25, 0.3) is 0 Å². The molecule has 1 aromatic heterocycles. The van der Waals surface area contributed by atoms with Crippen LogP contribution in [0.15, 0.2) is 30.5 Å². The highest BCUT2D eigenvalue weighted by Crippen LogP contribution is 2.32. The number of nitriles is 1. The molecule has 0 fully saturated rings. The summed E-state index contributed by atoms with van der Waals surface area (Å²) in [7, 11) is 0. The van der Waals surface area contributed by atoms with Crippen LogP contribution in [0.4, 0.5) is 10.1 Å². The van der Waals surface area contributed by atoms with Crippen molar-refractivity contribution < 1.29 is 14.1 Å². The molecule has 7 heteroatoms. The van der Waals surface area contributed by atoms with Crippen molar-refractivity contribution in [3.05, 3.63) is 57.5 Å². The summed E-state index contributed by atoms with van der Waals surface area (Å²) in [5, 5.41) is 19.9. The predicted octanol–water partition coefficient (Wildman–Crippen LogP) is 3.10. The van der Waals surface area contributed by atoms with E-state index in [9.17, 15) is 14.5 Å². The van der Waals surface area contributed by atoms with Gasteiger partial charge in [0.1, 0.15) is 17.4 Å². The van der Waals surface area contributed by atoms with Crippen molar-refractivity contribution >= 4 is 5.69 Å². The summed E-state index contributed by atoms with van der Waals surface area (Å²) in [5.41, 5.74) is 0.269. The summed E-state index contributed by atoms with van der Waals surface area (Å²) in [6.07, 6.45) is 1.42. The molecule has 0 spiro atoms. The number of hydrogen-bond acceptors (Lipinski definition) is 5. The molecule has 20 heavy (non-hydrogen) atoms. The Morgan fingerprint density at radius 3 is 2.85 bits per heavy atom. The third-order valence-corrected chi connectivity index (χ3v) is 2.56. The second-order valence-corrected chi connectivity index (χ2v) is 3.89. The molecular weight excluding hydrogens is 265 g/mol. The minimum absolute atomic E-state index is 0.0535. The Morgan fingerprint density at radius 2 is 2.20 bits per heavy atom. The minimum Gasteiger partial charge on any atom is -0.430 e. The quantitative estimate of drug-likeness (QED) is 0.633. The first-order valence-electron chi connectivity index (χ1n) is 5.50. The molecule has 0 aliphatic rings. The number of nitrogens with zero attached hydrogens (tertiary/aromatic N) is 3. The van der Waals surface area contributed by atoms with E-state index >= 15 is 0 Å². The van der Waals surface area contributed by atoms with Gasteiger partial charge < -0.3 is 4.74 Å². The zero-order valence-electron chi connectivity index (χ0n) is 10.3. The van der Waals surface area contributed by atoms with E-state index in [-0.39, 0.29) is 17.2 Å². The van der Waals surface area contributed by atoms with Crippen molar-refractivity contribution in [2.45, 2.75) is 6.92 Å². The standard InChI is InChI=1S/C13H8FN3O3/c1-8-4-5-16-13(10(8)7-15)20-12-3-2-9(14)6-11(12)17(18)19/h2-6H,1H3. The average molecular weight is 273 g/mol. The van der Waals surface area contributed by atoms with Crippen molar-refractivity contribution in [2.24, 2.45) is 0 Å². The Kier molecular flexibility index (Phi) is 3.57. The highest BCUT2D eigenvalue weighted by atomic mass is 19.1. The van der Waals surface area contributed by atoms with Crippen molar-refractivity contribution in [3.63, 3.8) is 0 Å². The van der Waals surface area contributed by atoms with E-state index < -0.39 is 16.4 Å². The van der Waals surface area contributed by atoms with Crippen LogP contribution in [0.2, 0.25) is 0 Å². The number of benzene rings is 1. The van der Waals surface area contributed by atoms with E-state index in [4.69, 9.17) is 10.00 Å². The molecule has 2 aromatic rings. The first-order chi connectivity index (χ1) is 9.52. The lowest BCUT2D eigenvalue weighted by molar-refractivity contribution is -0.385. The summed E-state index contributed by atoms with van der Waals surface area (Å²) >= 11 is 0. The predicted molar refractivity (Wildman–Crippen MR) is 66.8 cm³/mol. The van der Waals surface area contributed by atoms with Crippen molar-refractivity contribution in [1.82, 2.24) is 4.98 Å². The van der Waals surface area contributed by atoms with E-state index in [1.165, 1.54) is 6.20 Å². The van der Waals surface area contributed by atoms with Crippen LogP contribution in [0, 0.1) is 34.2 Å². The molecule has 0 unspecified atom stereocenters. The Hall–Kier alpha value is -3.01. The van der Waals surface area contributed by atoms with E-state index in [0.717, 1.165) is 18.2 Å². The molecule has 1 heterocycles. The molecule has 0 saturated carbocycles. The van der Waals surface area contributed by atoms with Gasteiger partial charge in [0.15, 0.2) is 0 Å². The van der Waals surface area contributed by atoms with Gasteiger partial charge >= 0.3 is 5.69 Å². The maximum Gasteiger partial charge on any atom is 0.314 e. The molecule has 0 radical (unpaired) electrons. The Balaban J connectivity index is 2.49. The zero-order valence-corrected chi connectivity index (χ0v) is 10.3. The number of rotatable bonds is 3. The Morgan fingerprint density at radius 1 is 1.45 bits per heavy atom. The van der Waals surface area contributed by atoms with Gasteiger partial charge in [-0.15, -0.1) is 0 Å². The van der Waals surface area contributed by atoms with E-state index in [1.54, 1.807) is 13.0 Å². The molecule has 100 valence electrons. The lowest BCUT2D eigenvalue weighted by atomic mass is 10.2. The maximum atomic E-state index is 13.0. The van der Waals surface area contributed by atoms with Crippen molar-refractivity contribution in [2.75, 3.05) is 0 Å².